The number of rotatable bonds is 6. The van der Waals surface area contributed by atoms with Crippen molar-refractivity contribution >= 4 is 17.2 Å². The van der Waals surface area contributed by atoms with Crippen molar-refractivity contribution < 1.29 is 9.53 Å². The van der Waals surface area contributed by atoms with E-state index in [1.165, 1.54) is 4.88 Å². The van der Waals surface area contributed by atoms with E-state index in [-0.39, 0.29) is 12.5 Å². The molecule has 0 N–H and O–H groups in total. The zero-order chi connectivity index (χ0) is 15.1. The van der Waals surface area contributed by atoms with E-state index in [1.807, 2.05) is 17.5 Å². The van der Waals surface area contributed by atoms with E-state index >= 15 is 0 Å². The van der Waals surface area contributed by atoms with Crippen molar-refractivity contribution in [2.45, 2.75) is 6.42 Å². The lowest BCUT2D eigenvalue weighted by molar-refractivity contribution is -0.132. The average molecular weight is 300 g/mol. The van der Waals surface area contributed by atoms with Gasteiger partial charge in [-0.25, -0.2) is 0 Å². The zero-order valence-corrected chi connectivity index (χ0v) is 12.6. The third-order valence-electron chi connectivity index (χ3n) is 3.05. The summed E-state index contributed by atoms with van der Waals surface area (Å²) in [5, 5.41) is 10.7. The fourth-order valence-corrected chi connectivity index (χ4v) is 2.44. The third kappa shape index (κ3) is 4.62. The van der Waals surface area contributed by atoms with Crippen molar-refractivity contribution in [2.24, 2.45) is 0 Å². The highest BCUT2D eigenvalue weighted by Gasteiger charge is 2.09. The lowest BCUT2D eigenvalue weighted by Gasteiger charge is -2.17. The molecule has 0 aliphatic rings. The molecule has 1 aromatic heterocycles. The van der Waals surface area contributed by atoms with Gasteiger partial charge >= 0.3 is 0 Å². The summed E-state index contributed by atoms with van der Waals surface area (Å²) in [6, 6.07) is 12.8. The van der Waals surface area contributed by atoms with Gasteiger partial charge in [0.1, 0.15) is 5.75 Å². The van der Waals surface area contributed by atoms with Gasteiger partial charge in [-0.1, -0.05) is 6.07 Å². The summed E-state index contributed by atoms with van der Waals surface area (Å²) in [6.07, 6.45) is 0.858. The quantitative estimate of drug-likeness (QED) is 0.824. The topological polar surface area (TPSA) is 53.3 Å². The second-order valence-corrected chi connectivity index (χ2v) is 5.60. The summed E-state index contributed by atoms with van der Waals surface area (Å²) in [5.41, 5.74) is 0.571. The van der Waals surface area contributed by atoms with Crippen LogP contribution < -0.4 is 4.74 Å². The zero-order valence-electron chi connectivity index (χ0n) is 11.8. The predicted molar refractivity (Wildman–Crippen MR) is 82.3 cm³/mol. The summed E-state index contributed by atoms with van der Waals surface area (Å²) < 4.78 is 5.43. The number of carbonyl (C=O) groups is 1. The van der Waals surface area contributed by atoms with Crippen molar-refractivity contribution in [3.05, 3.63) is 52.2 Å². The number of nitriles is 1. The number of likely N-dealkylation sites (N-methyl/N-ethyl adjacent to an activating group) is 1. The monoisotopic (exact) mass is 300 g/mol. The third-order valence-corrected chi connectivity index (χ3v) is 3.98. The summed E-state index contributed by atoms with van der Waals surface area (Å²) in [5.74, 6) is 0.532. The molecule has 0 fully saturated rings. The maximum Gasteiger partial charge on any atom is 0.260 e. The van der Waals surface area contributed by atoms with Crippen LogP contribution in [0.3, 0.4) is 0 Å². The molecule has 4 nitrogen and oxygen atoms in total. The Morgan fingerprint density at radius 1 is 1.33 bits per heavy atom. The minimum Gasteiger partial charge on any atom is -0.484 e. The van der Waals surface area contributed by atoms with Crippen molar-refractivity contribution in [1.29, 1.82) is 5.26 Å². The van der Waals surface area contributed by atoms with Crippen LogP contribution in [-0.2, 0) is 11.2 Å². The fourth-order valence-electron chi connectivity index (χ4n) is 1.74. The van der Waals surface area contributed by atoms with Gasteiger partial charge in [0, 0.05) is 18.5 Å². The maximum absolute atomic E-state index is 12.0. The number of hydrogen-bond acceptors (Lipinski definition) is 4. The van der Waals surface area contributed by atoms with Crippen LogP contribution >= 0.6 is 11.3 Å². The van der Waals surface area contributed by atoms with E-state index < -0.39 is 0 Å². The molecule has 0 bridgehead atoms. The van der Waals surface area contributed by atoms with Crippen LogP contribution in [0.4, 0.5) is 0 Å². The fraction of sp³-hybridized carbons (Fsp3) is 0.250. The van der Waals surface area contributed by atoms with Gasteiger partial charge in [-0.2, -0.15) is 5.26 Å². The summed E-state index contributed by atoms with van der Waals surface area (Å²) in [4.78, 5) is 14.9. The molecule has 2 rings (SSSR count). The Kier molecular flexibility index (Phi) is 5.35. The number of hydrogen-bond donors (Lipinski definition) is 0. The second kappa shape index (κ2) is 7.46. The van der Waals surface area contributed by atoms with Crippen molar-refractivity contribution in [2.75, 3.05) is 20.2 Å². The first-order valence-corrected chi connectivity index (χ1v) is 7.46. The Hall–Kier alpha value is -2.32. The first-order chi connectivity index (χ1) is 10.2. The molecule has 0 unspecified atom stereocenters. The van der Waals surface area contributed by atoms with E-state index in [4.69, 9.17) is 10.00 Å². The largest absolute Gasteiger partial charge is 0.484 e. The minimum atomic E-state index is -0.0593. The van der Waals surface area contributed by atoms with Crippen LogP contribution in [0.15, 0.2) is 41.8 Å². The van der Waals surface area contributed by atoms with Gasteiger partial charge in [0.2, 0.25) is 0 Å². The summed E-state index contributed by atoms with van der Waals surface area (Å²) in [7, 11) is 1.78. The number of benzene rings is 1. The number of thiophene rings is 1. The lowest BCUT2D eigenvalue weighted by Crippen LogP contribution is -2.32. The maximum atomic E-state index is 12.0. The molecule has 0 radical (unpaired) electrons. The van der Waals surface area contributed by atoms with Crippen molar-refractivity contribution in [3.8, 4) is 11.8 Å². The SMILES string of the molecule is CN(CCc1cccs1)C(=O)COc1ccc(C#N)cc1. The Balaban J connectivity index is 1.76. The average Bonchev–Trinajstić information content (AvgIpc) is 3.04. The molecule has 21 heavy (non-hydrogen) atoms. The number of carbonyl (C=O) groups excluding carboxylic acids is 1. The predicted octanol–water partition coefficient (Wildman–Crippen LogP) is 2.70. The molecule has 0 saturated heterocycles. The molecule has 2 aromatic rings. The molecule has 0 aliphatic carbocycles. The van der Waals surface area contributed by atoms with Gasteiger partial charge in [0.25, 0.3) is 5.91 Å². The van der Waals surface area contributed by atoms with Crippen molar-refractivity contribution in [3.63, 3.8) is 0 Å². The van der Waals surface area contributed by atoms with Gasteiger partial charge in [-0.05, 0) is 42.1 Å². The van der Waals surface area contributed by atoms with Gasteiger partial charge < -0.3 is 9.64 Å². The number of nitrogens with zero attached hydrogens (tertiary/aromatic N) is 2. The number of amides is 1. The van der Waals surface area contributed by atoms with Gasteiger partial charge in [0.15, 0.2) is 6.61 Å². The smallest absolute Gasteiger partial charge is 0.260 e. The Morgan fingerprint density at radius 2 is 2.10 bits per heavy atom. The molecule has 0 aliphatic heterocycles. The Labute approximate surface area is 128 Å². The van der Waals surface area contributed by atoms with Crippen LogP contribution in [0, 0.1) is 11.3 Å². The highest BCUT2D eigenvalue weighted by Crippen LogP contribution is 2.12. The van der Waals surface area contributed by atoms with Crippen molar-refractivity contribution in [1.82, 2.24) is 4.90 Å². The molecule has 1 amide bonds. The van der Waals surface area contributed by atoms with Gasteiger partial charge in [-0.3, -0.25) is 4.79 Å². The molecule has 1 heterocycles. The van der Waals surface area contributed by atoms with Gasteiger partial charge in [0.05, 0.1) is 11.6 Å². The van der Waals surface area contributed by atoms with Crippen LogP contribution in [0.5, 0.6) is 5.75 Å². The standard InChI is InChI=1S/C16H16N2O2S/c1-18(9-8-15-3-2-10-21-15)16(19)12-20-14-6-4-13(11-17)5-7-14/h2-7,10H,8-9,12H2,1H3. The van der Waals surface area contributed by atoms with Crippen LogP contribution in [0.1, 0.15) is 10.4 Å². The van der Waals surface area contributed by atoms with Gasteiger partial charge in [-0.15, -0.1) is 11.3 Å². The van der Waals surface area contributed by atoms with E-state index in [0.717, 1.165) is 6.42 Å². The minimum absolute atomic E-state index is 0.00679. The summed E-state index contributed by atoms with van der Waals surface area (Å²) >= 11 is 1.69. The van der Waals surface area contributed by atoms with Crippen LogP contribution in [0.25, 0.3) is 0 Å². The van der Waals surface area contributed by atoms with Crippen LogP contribution in [-0.4, -0.2) is 31.0 Å². The molecular formula is C16H16N2O2S. The Bertz CT molecular complexity index is 615. The molecular weight excluding hydrogens is 284 g/mol. The van der Waals surface area contributed by atoms with Crippen LogP contribution in [0.2, 0.25) is 0 Å². The molecule has 5 heteroatoms. The second-order valence-electron chi connectivity index (χ2n) is 4.57. The molecule has 1 aromatic carbocycles. The first-order valence-electron chi connectivity index (χ1n) is 6.58. The van der Waals surface area contributed by atoms with E-state index in [1.54, 1.807) is 47.5 Å². The van der Waals surface area contributed by atoms with E-state index in [2.05, 4.69) is 6.07 Å². The highest BCUT2D eigenvalue weighted by molar-refractivity contribution is 7.09. The molecule has 0 spiro atoms. The van der Waals surface area contributed by atoms with E-state index in [9.17, 15) is 4.79 Å². The molecule has 0 saturated carbocycles. The van der Waals surface area contributed by atoms with E-state index in [0.29, 0.717) is 17.9 Å². The lowest BCUT2D eigenvalue weighted by atomic mass is 10.2. The molecule has 108 valence electrons. The first kappa shape index (κ1) is 15.1. The summed E-state index contributed by atoms with van der Waals surface area (Å²) in [6.45, 7) is 0.683. The molecule has 0 atom stereocenters. The normalized spacial score (nSPS) is 9.90. The Morgan fingerprint density at radius 3 is 2.71 bits per heavy atom. The number of ether oxygens (including phenoxy) is 1. The highest BCUT2D eigenvalue weighted by atomic mass is 32.1.